The molecule has 0 aliphatic heterocycles. The molecule has 0 heterocycles. The third-order valence-electron chi connectivity index (χ3n) is 3.69. The smallest absolute Gasteiger partial charge is 0.161 e. The average Bonchev–Trinajstić information content (AvgIpc) is 2.45. The van der Waals surface area contributed by atoms with Crippen molar-refractivity contribution in [3.63, 3.8) is 0 Å². The van der Waals surface area contributed by atoms with Crippen LogP contribution in [0.2, 0.25) is 0 Å². The quantitative estimate of drug-likeness (QED) is 0.740. The van der Waals surface area contributed by atoms with Crippen molar-refractivity contribution in [3.8, 4) is 11.5 Å². The van der Waals surface area contributed by atoms with Gasteiger partial charge in [-0.05, 0) is 17.7 Å². The molecular weight excluding hydrogens is 244 g/mol. The lowest BCUT2D eigenvalue weighted by Gasteiger charge is -2.32. The maximum absolute atomic E-state index is 11.3. The summed E-state index contributed by atoms with van der Waals surface area (Å²) >= 11 is 0. The summed E-state index contributed by atoms with van der Waals surface area (Å²) in [6.45, 7) is 3.01. The van der Waals surface area contributed by atoms with E-state index in [2.05, 4.69) is 0 Å². The molecule has 0 amide bonds. The van der Waals surface area contributed by atoms with Crippen LogP contribution in [0.4, 0.5) is 0 Å². The number of rotatable bonds is 6. The van der Waals surface area contributed by atoms with Crippen LogP contribution in [0.25, 0.3) is 0 Å². The molecule has 1 aliphatic carbocycles. The van der Waals surface area contributed by atoms with Crippen LogP contribution in [-0.2, 0) is 9.53 Å². The molecule has 1 saturated carbocycles. The van der Waals surface area contributed by atoms with Gasteiger partial charge in [0.25, 0.3) is 0 Å². The van der Waals surface area contributed by atoms with E-state index in [0.717, 1.165) is 5.56 Å². The first kappa shape index (κ1) is 13.9. The standard InChI is InChI=1S/C15H20O4/c1-10-12(9-13(10)16)11-4-5-14(15(8-11)18-3)19-7-6-17-2/h4-5,8,10,12H,6-7,9H2,1-3H3. The lowest BCUT2D eigenvalue weighted by Crippen LogP contribution is -2.32. The zero-order valence-electron chi connectivity index (χ0n) is 11.6. The molecule has 0 N–H and O–H groups in total. The number of carbonyl (C=O) groups excluding carboxylic acids is 1. The summed E-state index contributed by atoms with van der Waals surface area (Å²) in [7, 11) is 3.26. The molecule has 2 unspecified atom stereocenters. The molecule has 4 nitrogen and oxygen atoms in total. The number of hydrogen-bond donors (Lipinski definition) is 0. The van der Waals surface area contributed by atoms with Crippen LogP contribution in [0.1, 0.15) is 24.8 Å². The molecule has 4 heteroatoms. The Balaban J connectivity index is 2.10. The summed E-state index contributed by atoms with van der Waals surface area (Å²) in [5.74, 6) is 2.19. The van der Waals surface area contributed by atoms with Crippen molar-refractivity contribution in [2.75, 3.05) is 27.4 Å². The van der Waals surface area contributed by atoms with Gasteiger partial charge in [0, 0.05) is 25.4 Å². The van der Waals surface area contributed by atoms with Crippen LogP contribution in [0.5, 0.6) is 11.5 Å². The van der Waals surface area contributed by atoms with Crippen molar-refractivity contribution >= 4 is 5.78 Å². The Hall–Kier alpha value is -1.55. The average molecular weight is 264 g/mol. The highest BCUT2D eigenvalue weighted by Crippen LogP contribution is 2.41. The van der Waals surface area contributed by atoms with Crippen LogP contribution in [0.3, 0.4) is 0 Å². The van der Waals surface area contributed by atoms with Gasteiger partial charge in [-0.15, -0.1) is 0 Å². The molecule has 1 aromatic rings. The van der Waals surface area contributed by atoms with Gasteiger partial charge in [-0.1, -0.05) is 13.0 Å². The Morgan fingerprint density at radius 1 is 1.21 bits per heavy atom. The topological polar surface area (TPSA) is 44.8 Å². The highest BCUT2D eigenvalue weighted by atomic mass is 16.5. The molecule has 1 aromatic carbocycles. The van der Waals surface area contributed by atoms with Crippen LogP contribution in [0, 0.1) is 5.92 Å². The van der Waals surface area contributed by atoms with Crippen molar-refractivity contribution in [3.05, 3.63) is 23.8 Å². The predicted molar refractivity (Wildman–Crippen MR) is 71.9 cm³/mol. The number of benzene rings is 1. The molecule has 19 heavy (non-hydrogen) atoms. The normalized spacial score (nSPS) is 21.9. The van der Waals surface area contributed by atoms with Crippen LogP contribution in [-0.4, -0.2) is 33.2 Å². The third kappa shape index (κ3) is 2.89. The number of carbonyl (C=O) groups is 1. The fourth-order valence-corrected chi connectivity index (χ4v) is 2.32. The van der Waals surface area contributed by atoms with E-state index in [0.29, 0.717) is 42.8 Å². The summed E-state index contributed by atoms with van der Waals surface area (Å²) in [6, 6.07) is 5.88. The van der Waals surface area contributed by atoms with Crippen molar-refractivity contribution < 1.29 is 19.0 Å². The number of Topliss-reactive ketones (excluding diaryl/α,β-unsaturated/α-hetero) is 1. The molecule has 0 bridgehead atoms. The summed E-state index contributed by atoms with van der Waals surface area (Å²) in [5.41, 5.74) is 1.14. The van der Waals surface area contributed by atoms with E-state index in [1.165, 1.54) is 0 Å². The van der Waals surface area contributed by atoms with Crippen LogP contribution in [0.15, 0.2) is 18.2 Å². The minimum atomic E-state index is 0.116. The molecule has 2 rings (SSSR count). The van der Waals surface area contributed by atoms with Gasteiger partial charge < -0.3 is 14.2 Å². The Kier molecular flexibility index (Phi) is 4.43. The van der Waals surface area contributed by atoms with Gasteiger partial charge in [0.15, 0.2) is 11.5 Å². The second kappa shape index (κ2) is 6.06. The molecular formula is C15H20O4. The van der Waals surface area contributed by atoms with Gasteiger partial charge in [0.1, 0.15) is 12.4 Å². The first-order chi connectivity index (χ1) is 9.17. The van der Waals surface area contributed by atoms with E-state index in [4.69, 9.17) is 14.2 Å². The van der Waals surface area contributed by atoms with Crippen molar-refractivity contribution in [2.45, 2.75) is 19.3 Å². The van der Waals surface area contributed by atoms with Gasteiger partial charge in [0.2, 0.25) is 0 Å². The Labute approximate surface area is 113 Å². The van der Waals surface area contributed by atoms with Gasteiger partial charge in [-0.25, -0.2) is 0 Å². The second-order valence-corrected chi connectivity index (χ2v) is 4.82. The molecule has 0 spiro atoms. The lowest BCUT2D eigenvalue weighted by atomic mass is 9.70. The molecule has 2 atom stereocenters. The monoisotopic (exact) mass is 264 g/mol. The van der Waals surface area contributed by atoms with E-state index >= 15 is 0 Å². The number of hydrogen-bond acceptors (Lipinski definition) is 4. The second-order valence-electron chi connectivity index (χ2n) is 4.82. The maximum Gasteiger partial charge on any atom is 0.161 e. The first-order valence-corrected chi connectivity index (χ1v) is 6.49. The molecule has 0 radical (unpaired) electrons. The minimum absolute atomic E-state index is 0.116. The minimum Gasteiger partial charge on any atom is -0.493 e. The number of methoxy groups -OCH3 is 2. The van der Waals surface area contributed by atoms with Gasteiger partial charge >= 0.3 is 0 Å². The molecule has 104 valence electrons. The van der Waals surface area contributed by atoms with Crippen molar-refractivity contribution in [1.82, 2.24) is 0 Å². The zero-order chi connectivity index (χ0) is 13.8. The van der Waals surface area contributed by atoms with E-state index in [9.17, 15) is 4.79 Å². The van der Waals surface area contributed by atoms with E-state index in [1.807, 2.05) is 25.1 Å². The van der Waals surface area contributed by atoms with Crippen molar-refractivity contribution in [2.24, 2.45) is 5.92 Å². The van der Waals surface area contributed by atoms with Gasteiger partial charge in [0.05, 0.1) is 13.7 Å². The molecule has 0 saturated heterocycles. The Morgan fingerprint density at radius 2 is 2.00 bits per heavy atom. The fraction of sp³-hybridized carbons (Fsp3) is 0.533. The predicted octanol–water partition coefficient (Wildman–Crippen LogP) is 2.41. The largest absolute Gasteiger partial charge is 0.493 e. The summed E-state index contributed by atoms with van der Waals surface area (Å²) in [5, 5.41) is 0. The van der Waals surface area contributed by atoms with E-state index in [1.54, 1.807) is 14.2 Å². The summed E-state index contributed by atoms with van der Waals surface area (Å²) in [6.07, 6.45) is 0.633. The number of ether oxygens (including phenoxy) is 3. The Bertz CT molecular complexity index is 455. The van der Waals surface area contributed by atoms with Crippen LogP contribution < -0.4 is 9.47 Å². The highest BCUT2D eigenvalue weighted by Gasteiger charge is 2.37. The zero-order valence-corrected chi connectivity index (χ0v) is 11.6. The summed E-state index contributed by atoms with van der Waals surface area (Å²) < 4.78 is 15.9. The third-order valence-corrected chi connectivity index (χ3v) is 3.69. The molecule has 1 aliphatic rings. The van der Waals surface area contributed by atoms with E-state index < -0.39 is 0 Å². The fourth-order valence-electron chi connectivity index (χ4n) is 2.32. The molecule has 1 fully saturated rings. The maximum atomic E-state index is 11.3. The van der Waals surface area contributed by atoms with Gasteiger partial charge in [-0.3, -0.25) is 4.79 Å². The van der Waals surface area contributed by atoms with Crippen molar-refractivity contribution in [1.29, 1.82) is 0 Å². The lowest BCUT2D eigenvalue weighted by molar-refractivity contribution is -0.130. The highest BCUT2D eigenvalue weighted by molar-refractivity contribution is 5.89. The van der Waals surface area contributed by atoms with Crippen LogP contribution >= 0.6 is 0 Å². The first-order valence-electron chi connectivity index (χ1n) is 6.49. The SMILES string of the molecule is COCCOc1ccc(C2CC(=O)C2C)cc1OC. The summed E-state index contributed by atoms with van der Waals surface area (Å²) in [4.78, 5) is 11.3. The molecule has 0 aromatic heterocycles. The van der Waals surface area contributed by atoms with E-state index in [-0.39, 0.29) is 5.92 Å². The van der Waals surface area contributed by atoms with Gasteiger partial charge in [-0.2, -0.15) is 0 Å². The number of ketones is 1. The Morgan fingerprint density at radius 3 is 2.58 bits per heavy atom.